The summed E-state index contributed by atoms with van der Waals surface area (Å²) in [5, 5.41) is 4.44. The molecular formula is C18H24N2O3S. The smallest absolute Gasteiger partial charge is 0.302 e. The maximum Gasteiger partial charge on any atom is 0.302 e. The summed E-state index contributed by atoms with van der Waals surface area (Å²) in [6, 6.07) is 10.5. The minimum Gasteiger partial charge on any atom is -0.463 e. The average molecular weight is 348 g/mol. The molecule has 0 radical (unpaired) electrons. The lowest BCUT2D eigenvalue weighted by Gasteiger charge is -2.40. The Morgan fingerprint density at radius 3 is 2.75 bits per heavy atom. The third-order valence-electron chi connectivity index (χ3n) is 4.80. The first-order valence-electron chi connectivity index (χ1n) is 8.35. The van der Waals surface area contributed by atoms with E-state index in [0.717, 1.165) is 5.17 Å². The number of carbonyl (C=O) groups is 1. The van der Waals surface area contributed by atoms with Crippen LogP contribution in [0.25, 0.3) is 0 Å². The molecule has 0 saturated carbocycles. The second kappa shape index (κ2) is 7.57. The summed E-state index contributed by atoms with van der Waals surface area (Å²) < 4.78 is 11.3. The number of thioether (sulfide) groups is 1. The van der Waals surface area contributed by atoms with E-state index in [2.05, 4.69) is 36.3 Å². The first-order chi connectivity index (χ1) is 11.5. The average Bonchev–Trinajstić information content (AvgIpc) is 2.99. The summed E-state index contributed by atoms with van der Waals surface area (Å²) in [5.74, 6) is 0.469. The molecule has 0 amide bonds. The molecule has 2 heterocycles. The second-order valence-corrected chi connectivity index (χ2v) is 7.55. The van der Waals surface area contributed by atoms with Crippen molar-refractivity contribution in [2.45, 2.75) is 44.9 Å². The Bertz CT molecular complexity index is 608. The Morgan fingerprint density at radius 1 is 1.29 bits per heavy atom. The van der Waals surface area contributed by atoms with Crippen LogP contribution in [0.3, 0.4) is 0 Å². The predicted octanol–water partition coefficient (Wildman–Crippen LogP) is 2.81. The Morgan fingerprint density at radius 2 is 2.04 bits per heavy atom. The molecular weight excluding hydrogens is 324 g/mol. The lowest BCUT2D eigenvalue weighted by atomic mass is 9.83. The molecule has 0 bridgehead atoms. The van der Waals surface area contributed by atoms with Crippen LogP contribution in [0.2, 0.25) is 0 Å². The van der Waals surface area contributed by atoms with E-state index in [1.165, 1.54) is 12.5 Å². The molecule has 2 aliphatic rings. The molecule has 6 heteroatoms. The van der Waals surface area contributed by atoms with E-state index in [0.29, 0.717) is 25.0 Å². The number of aliphatic imine (C=N–C) groups is 1. The highest BCUT2D eigenvalue weighted by molar-refractivity contribution is 8.14. The summed E-state index contributed by atoms with van der Waals surface area (Å²) in [6.45, 7) is 6.79. The normalized spacial score (nSPS) is 33.8. The first kappa shape index (κ1) is 17.3. The number of hydrogen-bond acceptors (Lipinski definition) is 5. The molecule has 2 fully saturated rings. The van der Waals surface area contributed by atoms with Gasteiger partial charge in [-0.05, 0) is 17.4 Å². The van der Waals surface area contributed by atoms with Gasteiger partial charge in [-0.1, -0.05) is 55.9 Å². The van der Waals surface area contributed by atoms with Crippen molar-refractivity contribution < 1.29 is 14.3 Å². The molecule has 24 heavy (non-hydrogen) atoms. The number of benzene rings is 1. The minimum atomic E-state index is -0.261. The molecule has 0 spiro atoms. The molecule has 2 aliphatic heterocycles. The molecule has 0 aromatic heterocycles. The zero-order chi connectivity index (χ0) is 17.1. The molecule has 2 saturated heterocycles. The monoisotopic (exact) mass is 348 g/mol. The fraction of sp³-hybridized carbons (Fsp3) is 0.556. The standard InChI is InChI=1S/C18H24N2O3S/c1-11-12(2)16-17(23-15(11)10-22-13(3)21)24-18(20-16)19-9-14-7-5-4-6-8-14/h4-8,11-12,15-17H,9-10H2,1-3H3,(H,19,20)/t11-,12-,15+,16+,17+/m0/s1. The molecule has 1 aromatic carbocycles. The molecule has 0 aliphatic carbocycles. The van der Waals surface area contributed by atoms with E-state index >= 15 is 0 Å². The number of carbonyl (C=O) groups excluding carboxylic acids is 1. The highest BCUT2D eigenvalue weighted by Gasteiger charge is 2.46. The predicted molar refractivity (Wildman–Crippen MR) is 95.7 cm³/mol. The van der Waals surface area contributed by atoms with Crippen LogP contribution >= 0.6 is 11.8 Å². The van der Waals surface area contributed by atoms with Crippen LogP contribution in [0.4, 0.5) is 0 Å². The summed E-state index contributed by atoms with van der Waals surface area (Å²) in [6.07, 6.45) is -0.0621. The lowest BCUT2D eigenvalue weighted by molar-refractivity contribution is -0.153. The van der Waals surface area contributed by atoms with Crippen LogP contribution in [-0.2, 0) is 20.8 Å². The minimum absolute atomic E-state index is 0.0197. The first-order valence-corrected chi connectivity index (χ1v) is 9.23. The number of rotatable bonds is 4. The van der Waals surface area contributed by atoms with Gasteiger partial charge < -0.3 is 14.8 Å². The van der Waals surface area contributed by atoms with Gasteiger partial charge in [0, 0.05) is 6.92 Å². The third-order valence-corrected chi connectivity index (χ3v) is 5.91. The van der Waals surface area contributed by atoms with Crippen LogP contribution in [0, 0.1) is 11.8 Å². The number of nitrogens with zero attached hydrogens (tertiary/aromatic N) is 1. The van der Waals surface area contributed by atoms with E-state index in [-0.39, 0.29) is 23.6 Å². The number of hydrogen-bond donors (Lipinski definition) is 1. The maximum absolute atomic E-state index is 11.1. The Kier molecular flexibility index (Phi) is 5.46. The van der Waals surface area contributed by atoms with Crippen LogP contribution in [0.5, 0.6) is 0 Å². The Labute approximate surface area is 147 Å². The van der Waals surface area contributed by atoms with Crippen molar-refractivity contribution in [1.29, 1.82) is 0 Å². The van der Waals surface area contributed by atoms with Crippen LogP contribution in [0.1, 0.15) is 26.3 Å². The summed E-state index contributed by atoms with van der Waals surface area (Å²) >= 11 is 1.63. The number of fused-ring (bicyclic) bond motifs is 1. The Balaban J connectivity index is 1.63. The van der Waals surface area contributed by atoms with E-state index in [4.69, 9.17) is 9.47 Å². The van der Waals surface area contributed by atoms with Crippen molar-refractivity contribution in [2.24, 2.45) is 16.8 Å². The third kappa shape index (κ3) is 3.92. The van der Waals surface area contributed by atoms with Gasteiger partial charge in [0.25, 0.3) is 0 Å². The van der Waals surface area contributed by atoms with E-state index in [1.54, 1.807) is 11.8 Å². The molecule has 5 nitrogen and oxygen atoms in total. The van der Waals surface area contributed by atoms with Gasteiger partial charge in [-0.2, -0.15) is 0 Å². The summed E-state index contributed by atoms with van der Waals surface area (Å²) in [5.41, 5.74) is 1.21. The van der Waals surface area contributed by atoms with Gasteiger partial charge in [-0.25, -0.2) is 0 Å². The van der Waals surface area contributed by atoms with Crippen molar-refractivity contribution in [3.05, 3.63) is 35.9 Å². The molecule has 130 valence electrons. The van der Waals surface area contributed by atoms with E-state index in [1.807, 2.05) is 18.2 Å². The summed E-state index contributed by atoms with van der Waals surface area (Å²) in [4.78, 5) is 15.7. The van der Waals surface area contributed by atoms with Crippen molar-refractivity contribution in [3.63, 3.8) is 0 Å². The van der Waals surface area contributed by atoms with E-state index < -0.39 is 0 Å². The van der Waals surface area contributed by atoms with Gasteiger partial charge in [0.05, 0.1) is 18.7 Å². The van der Waals surface area contributed by atoms with Gasteiger partial charge in [0.15, 0.2) is 5.17 Å². The van der Waals surface area contributed by atoms with Crippen molar-refractivity contribution >= 4 is 22.9 Å². The molecule has 5 atom stereocenters. The van der Waals surface area contributed by atoms with Crippen LogP contribution < -0.4 is 5.32 Å². The summed E-state index contributed by atoms with van der Waals surface area (Å²) in [7, 11) is 0. The van der Waals surface area contributed by atoms with Crippen molar-refractivity contribution in [2.75, 3.05) is 6.61 Å². The Hall–Kier alpha value is -1.53. The molecule has 1 aromatic rings. The highest BCUT2D eigenvalue weighted by Crippen LogP contribution is 2.39. The number of esters is 1. The largest absolute Gasteiger partial charge is 0.463 e. The number of nitrogens with one attached hydrogen (secondary N) is 1. The quantitative estimate of drug-likeness (QED) is 0.848. The van der Waals surface area contributed by atoms with Crippen LogP contribution in [0.15, 0.2) is 35.3 Å². The highest BCUT2D eigenvalue weighted by atomic mass is 32.2. The fourth-order valence-corrected chi connectivity index (χ4v) is 4.33. The topological polar surface area (TPSA) is 59.9 Å². The molecule has 1 N–H and O–H groups in total. The number of ether oxygens (including phenoxy) is 2. The van der Waals surface area contributed by atoms with Gasteiger partial charge in [0.1, 0.15) is 12.0 Å². The van der Waals surface area contributed by atoms with Gasteiger partial charge in [0.2, 0.25) is 0 Å². The number of amidine groups is 1. The van der Waals surface area contributed by atoms with Crippen molar-refractivity contribution in [3.8, 4) is 0 Å². The zero-order valence-corrected chi connectivity index (χ0v) is 15.1. The van der Waals surface area contributed by atoms with Gasteiger partial charge in [-0.3, -0.25) is 9.79 Å². The molecule has 0 unspecified atom stereocenters. The maximum atomic E-state index is 11.1. The van der Waals surface area contributed by atoms with E-state index in [9.17, 15) is 4.79 Å². The zero-order valence-electron chi connectivity index (χ0n) is 14.3. The SMILES string of the molecule is CC(=O)OC[C@H]1O[C@@H]2SC(=NCc3ccccc3)N[C@@H]2[C@@H](C)[C@@H]1C. The molecule has 3 rings (SSSR count). The van der Waals surface area contributed by atoms with Gasteiger partial charge >= 0.3 is 5.97 Å². The van der Waals surface area contributed by atoms with Gasteiger partial charge in [-0.15, -0.1) is 0 Å². The second-order valence-electron chi connectivity index (χ2n) is 6.46. The van der Waals surface area contributed by atoms with Crippen LogP contribution in [-0.4, -0.2) is 35.3 Å². The fourth-order valence-electron chi connectivity index (χ4n) is 3.10. The lowest BCUT2D eigenvalue weighted by Crippen LogP contribution is -2.52. The van der Waals surface area contributed by atoms with Crippen molar-refractivity contribution in [1.82, 2.24) is 5.32 Å².